The summed E-state index contributed by atoms with van der Waals surface area (Å²) in [5.74, 6) is -2.93. The first kappa shape index (κ1) is 22.8. The Bertz CT molecular complexity index is 902. The van der Waals surface area contributed by atoms with Crippen molar-refractivity contribution >= 4 is 19.0 Å². The summed E-state index contributed by atoms with van der Waals surface area (Å²) in [4.78, 5) is 25.9. The maximum absolute atomic E-state index is 12.7. The highest BCUT2D eigenvalue weighted by atomic mass is 16.5. The van der Waals surface area contributed by atoms with Crippen LogP contribution < -0.4 is 9.84 Å². The van der Waals surface area contributed by atoms with E-state index in [9.17, 15) is 29.9 Å². The molecule has 32 heavy (non-hydrogen) atoms. The maximum Gasteiger partial charge on any atom is 0.455 e. The van der Waals surface area contributed by atoms with Crippen molar-refractivity contribution < 1.29 is 43.8 Å². The van der Waals surface area contributed by atoms with E-state index in [0.29, 0.717) is 32.5 Å². The van der Waals surface area contributed by atoms with Gasteiger partial charge in [0.15, 0.2) is 0 Å². The molecule has 0 spiro atoms. The molecule has 0 aromatic heterocycles. The predicted molar refractivity (Wildman–Crippen MR) is 111 cm³/mol. The molecule has 2 aliphatic heterocycles. The number of carbonyl (C=O) groups excluding carboxylic acids is 1. The Morgan fingerprint density at radius 1 is 1.31 bits per heavy atom. The topological polar surface area (TPSA) is 140 Å². The lowest BCUT2D eigenvalue weighted by Crippen LogP contribution is -2.58. The number of hydrogen-bond donors (Lipinski definition) is 3. The van der Waals surface area contributed by atoms with Crippen molar-refractivity contribution in [2.24, 2.45) is 0 Å². The summed E-state index contributed by atoms with van der Waals surface area (Å²) in [6, 6.07) is 2.94. The smallest absolute Gasteiger partial charge is 0.455 e. The number of carbonyl (C=O) groups is 2. The van der Waals surface area contributed by atoms with E-state index in [0.717, 1.165) is 17.6 Å². The molecule has 10 nitrogen and oxygen atoms in total. The molecule has 0 radical (unpaired) electrons. The van der Waals surface area contributed by atoms with Gasteiger partial charge in [-0.2, -0.15) is 0 Å². The van der Waals surface area contributed by atoms with E-state index < -0.39 is 36.3 Å². The number of quaternary nitrogens is 1. The van der Waals surface area contributed by atoms with E-state index >= 15 is 0 Å². The van der Waals surface area contributed by atoms with Crippen molar-refractivity contribution in [3.8, 4) is 11.5 Å². The number of likely N-dealkylation sites (N-methyl/N-ethyl adjacent to an activating group) is 1. The van der Waals surface area contributed by atoms with Gasteiger partial charge in [0.05, 0.1) is 45.8 Å². The van der Waals surface area contributed by atoms with Crippen molar-refractivity contribution in [1.82, 2.24) is 4.90 Å². The van der Waals surface area contributed by atoms with Crippen LogP contribution in [0.3, 0.4) is 0 Å². The minimum absolute atomic E-state index is 0.0280. The van der Waals surface area contributed by atoms with Crippen LogP contribution in [0.4, 0.5) is 0 Å². The minimum atomic E-state index is -1.54. The number of rotatable bonds is 7. The fourth-order valence-corrected chi connectivity index (χ4v) is 4.58. The maximum atomic E-state index is 12.7. The van der Waals surface area contributed by atoms with E-state index in [1.165, 1.54) is 12.1 Å². The number of ether oxygens (including phenoxy) is 2. The van der Waals surface area contributed by atoms with Gasteiger partial charge in [-0.1, -0.05) is 17.4 Å². The molecule has 3 N–H and O–H groups in total. The minimum Gasteiger partial charge on any atom is -0.872 e. The molecule has 0 unspecified atom stereocenters. The van der Waals surface area contributed by atoms with Gasteiger partial charge in [0.25, 0.3) is 0 Å². The zero-order chi connectivity index (χ0) is 23.2. The summed E-state index contributed by atoms with van der Waals surface area (Å²) in [6.07, 6.45) is 0.207. The number of benzene rings is 1. The second-order valence-corrected chi connectivity index (χ2v) is 9.66. The first-order valence-electron chi connectivity index (χ1n) is 10.9. The van der Waals surface area contributed by atoms with E-state index in [-0.39, 0.29) is 29.2 Å². The summed E-state index contributed by atoms with van der Waals surface area (Å²) >= 11 is 0. The average molecular weight is 448 g/mol. The highest BCUT2D eigenvalue weighted by Crippen LogP contribution is 2.56. The molecule has 0 bridgehead atoms. The summed E-state index contributed by atoms with van der Waals surface area (Å²) < 4.78 is 12.3. The monoisotopic (exact) mass is 448 g/mol. The SMILES string of the molecule is C[N+]1(C)CCO[C@@H](CC(=O)N2CC(Oc3ccc([C@@H]4C[C@@H]4B(O)O)c([O-])c3C(=O)O)C2)C1. The number of carboxylic acid groups (broad SMARTS) is 1. The Morgan fingerprint density at radius 2 is 2.03 bits per heavy atom. The number of amides is 1. The molecule has 1 saturated carbocycles. The number of carboxylic acids is 1. The molecular formula is C21H29BN2O8. The number of hydrogen-bond acceptors (Lipinski definition) is 7. The van der Waals surface area contributed by atoms with Gasteiger partial charge in [-0.15, -0.1) is 0 Å². The van der Waals surface area contributed by atoms with Crippen LogP contribution in [0.2, 0.25) is 5.82 Å². The van der Waals surface area contributed by atoms with Crippen LogP contribution in [-0.2, 0) is 9.53 Å². The third kappa shape index (κ3) is 4.70. The molecule has 2 heterocycles. The van der Waals surface area contributed by atoms with Gasteiger partial charge < -0.3 is 39.1 Å². The van der Waals surface area contributed by atoms with Gasteiger partial charge in [-0.25, -0.2) is 4.79 Å². The molecule has 3 fully saturated rings. The number of aromatic carboxylic acids is 1. The van der Waals surface area contributed by atoms with Crippen LogP contribution in [0, 0.1) is 0 Å². The molecule has 3 aliphatic rings. The molecule has 4 rings (SSSR count). The molecule has 1 aromatic carbocycles. The van der Waals surface area contributed by atoms with Crippen molar-refractivity contribution in [2.45, 2.75) is 36.8 Å². The van der Waals surface area contributed by atoms with Gasteiger partial charge >= 0.3 is 13.1 Å². The summed E-state index contributed by atoms with van der Waals surface area (Å²) in [7, 11) is 2.68. The van der Waals surface area contributed by atoms with E-state index in [4.69, 9.17) is 9.47 Å². The lowest BCUT2D eigenvalue weighted by molar-refractivity contribution is -0.901. The van der Waals surface area contributed by atoms with Crippen LogP contribution in [0.5, 0.6) is 11.5 Å². The van der Waals surface area contributed by atoms with Gasteiger partial charge in [0.2, 0.25) is 5.91 Å². The van der Waals surface area contributed by atoms with E-state index in [1.54, 1.807) is 4.90 Å². The fourth-order valence-electron chi connectivity index (χ4n) is 4.58. The number of nitrogens with zero attached hydrogens (tertiary/aromatic N) is 2. The predicted octanol–water partition coefficient (Wildman–Crippen LogP) is -0.756. The molecule has 174 valence electrons. The largest absolute Gasteiger partial charge is 0.872 e. The standard InChI is InChI=1S/C21H29BN2O8/c1-24(2)5-6-31-12(11-24)7-18(25)23-9-13(10-23)32-17-4-3-14(15-8-16(15)22(29)30)20(26)19(17)21(27)28/h3-4,12-13,15-16,29-30H,5-11H2,1-2H3,(H-,26,27,28)/t12-,15-,16-/m0/s1. The number of likely N-dealkylation sites (tertiary alicyclic amines) is 1. The third-order valence-electron chi connectivity index (χ3n) is 6.63. The van der Waals surface area contributed by atoms with Crippen molar-refractivity contribution in [2.75, 3.05) is 46.9 Å². The van der Waals surface area contributed by atoms with E-state index in [1.807, 2.05) is 0 Å². The summed E-state index contributed by atoms with van der Waals surface area (Å²) in [5, 5.41) is 40.8. The van der Waals surface area contributed by atoms with Gasteiger partial charge in [0.1, 0.15) is 31.0 Å². The molecule has 1 aliphatic carbocycles. The van der Waals surface area contributed by atoms with Crippen molar-refractivity contribution in [3.05, 3.63) is 23.3 Å². The molecule has 2 saturated heterocycles. The van der Waals surface area contributed by atoms with Crippen molar-refractivity contribution in [1.29, 1.82) is 0 Å². The third-order valence-corrected chi connectivity index (χ3v) is 6.63. The van der Waals surface area contributed by atoms with Crippen LogP contribution >= 0.6 is 0 Å². The molecule has 3 atom stereocenters. The quantitative estimate of drug-likeness (QED) is 0.366. The van der Waals surface area contributed by atoms with Gasteiger partial charge in [-0.3, -0.25) is 4.79 Å². The highest BCUT2D eigenvalue weighted by Gasteiger charge is 2.47. The lowest BCUT2D eigenvalue weighted by atomic mass is 9.81. The van der Waals surface area contributed by atoms with Crippen LogP contribution in [0.15, 0.2) is 12.1 Å². The Hall–Kier alpha value is -2.34. The van der Waals surface area contributed by atoms with Gasteiger partial charge in [-0.05, 0) is 18.4 Å². The molecule has 1 aromatic rings. The Kier molecular flexibility index (Phi) is 6.10. The Balaban J connectivity index is 1.35. The Morgan fingerprint density at radius 3 is 2.62 bits per heavy atom. The van der Waals surface area contributed by atoms with E-state index in [2.05, 4.69) is 14.1 Å². The van der Waals surface area contributed by atoms with Crippen LogP contribution in [0.25, 0.3) is 0 Å². The lowest BCUT2D eigenvalue weighted by Gasteiger charge is -2.41. The summed E-state index contributed by atoms with van der Waals surface area (Å²) in [6.45, 7) is 2.95. The highest BCUT2D eigenvalue weighted by molar-refractivity contribution is 6.44. The molecule has 1 amide bonds. The van der Waals surface area contributed by atoms with Crippen molar-refractivity contribution in [3.63, 3.8) is 0 Å². The Labute approximate surface area is 186 Å². The molecular weight excluding hydrogens is 419 g/mol. The first-order chi connectivity index (χ1) is 15.1. The number of morpholine rings is 1. The average Bonchev–Trinajstić information content (AvgIpc) is 3.43. The molecule has 11 heteroatoms. The first-order valence-corrected chi connectivity index (χ1v) is 10.9. The second kappa shape index (κ2) is 8.55. The van der Waals surface area contributed by atoms with Gasteiger partial charge in [0, 0.05) is 5.82 Å². The second-order valence-electron chi connectivity index (χ2n) is 9.66. The van der Waals surface area contributed by atoms with Crippen LogP contribution in [0.1, 0.15) is 34.7 Å². The normalized spacial score (nSPS) is 26.9. The zero-order valence-electron chi connectivity index (χ0n) is 18.3. The van der Waals surface area contributed by atoms with Crippen LogP contribution in [-0.4, -0.2) is 103 Å². The zero-order valence-corrected chi connectivity index (χ0v) is 18.3. The fraction of sp³-hybridized carbons (Fsp3) is 0.619. The summed E-state index contributed by atoms with van der Waals surface area (Å²) in [5.41, 5.74) is -0.201.